The predicted octanol–water partition coefficient (Wildman–Crippen LogP) is -0.543. The number of aryl methyl sites for hydroxylation is 1. The van der Waals surface area contributed by atoms with Crippen molar-refractivity contribution in [3.05, 3.63) is 35.0 Å². The first-order valence-electron chi connectivity index (χ1n) is 9.12. The quantitative estimate of drug-likeness (QED) is 0.659. The molecule has 0 aromatic carbocycles. The molecule has 1 N–H and O–H groups in total. The summed E-state index contributed by atoms with van der Waals surface area (Å²) in [5.41, 5.74) is 0.483. The molecule has 3 aromatic rings. The third kappa shape index (κ3) is 2.81. The van der Waals surface area contributed by atoms with Crippen LogP contribution in [-0.2, 0) is 7.05 Å². The highest BCUT2D eigenvalue weighted by molar-refractivity contribution is 5.74. The third-order valence-corrected chi connectivity index (χ3v) is 5.42. The summed E-state index contributed by atoms with van der Waals surface area (Å²) in [6, 6.07) is 2.32. The van der Waals surface area contributed by atoms with Crippen LogP contribution in [0.25, 0.3) is 11.0 Å². The van der Waals surface area contributed by atoms with Crippen molar-refractivity contribution in [3.8, 4) is 0 Å². The van der Waals surface area contributed by atoms with Crippen LogP contribution in [0.5, 0.6) is 0 Å². The molecule has 0 amide bonds. The normalized spacial score (nSPS) is 18.9. The molecule has 10 nitrogen and oxygen atoms in total. The first kappa shape index (κ1) is 16.2. The topological polar surface area (TPSA) is 99.1 Å². The van der Waals surface area contributed by atoms with Gasteiger partial charge in [0.05, 0.1) is 6.20 Å². The van der Waals surface area contributed by atoms with Gasteiger partial charge in [-0.05, 0) is 6.07 Å². The molecule has 10 heteroatoms. The number of hydrogen-bond donors (Lipinski definition) is 1. The van der Waals surface area contributed by atoms with Gasteiger partial charge in [0.25, 0.3) is 5.56 Å². The maximum absolute atomic E-state index is 12.2. The number of anilines is 2. The van der Waals surface area contributed by atoms with Crippen LogP contribution in [0, 0.1) is 0 Å². The number of fused-ring (bicyclic) bond motifs is 1. The van der Waals surface area contributed by atoms with Gasteiger partial charge in [-0.2, -0.15) is 10.1 Å². The number of piperazine rings is 1. The first-order chi connectivity index (χ1) is 13.2. The van der Waals surface area contributed by atoms with Crippen LogP contribution >= 0.6 is 0 Å². The standard InChI is InChI=1S/C17H21N9O/c1-23-14-13(9-20-23)15(27)22-17(21-14)26-10-12(11-26)24-5-7-25(8-6-24)16-18-3-2-4-19-16/h2-4,9,12H,5-8,10-11H2,1H3,(H,21,22,27). The summed E-state index contributed by atoms with van der Waals surface area (Å²) in [6.07, 6.45) is 5.12. The number of rotatable bonds is 3. The van der Waals surface area contributed by atoms with Gasteiger partial charge in [0.2, 0.25) is 11.9 Å². The molecule has 2 aliphatic rings. The lowest BCUT2D eigenvalue weighted by molar-refractivity contribution is 0.155. The molecule has 0 atom stereocenters. The van der Waals surface area contributed by atoms with Crippen molar-refractivity contribution in [1.82, 2.24) is 34.6 Å². The summed E-state index contributed by atoms with van der Waals surface area (Å²) in [7, 11) is 1.80. The van der Waals surface area contributed by atoms with E-state index in [4.69, 9.17) is 0 Å². The Hall–Kier alpha value is -3.01. The molecular weight excluding hydrogens is 346 g/mol. The zero-order chi connectivity index (χ0) is 18.4. The molecule has 2 saturated heterocycles. The minimum absolute atomic E-state index is 0.136. The van der Waals surface area contributed by atoms with Gasteiger partial charge in [-0.1, -0.05) is 0 Å². The highest BCUT2D eigenvalue weighted by Gasteiger charge is 2.35. The number of aromatic amines is 1. The molecule has 0 aliphatic carbocycles. The van der Waals surface area contributed by atoms with Crippen LogP contribution in [0.2, 0.25) is 0 Å². The minimum atomic E-state index is -0.136. The molecule has 0 radical (unpaired) electrons. The van der Waals surface area contributed by atoms with E-state index in [1.165, 1.54) is 0 Å². The number of H-pyrrole nitrogens is 1. The molecule has 5 rings (SSSR count). The van der Waals surface area contributed by atoms with E-state index in [-0.39, 0.29) is 5.56 Å². The molecule has 5 heterocycles. The van der Waals surface area contributed by atoms with E-state index >= 15 is 0 Å². The Bertz CT molecular complexity index is 1000. The van der Waals surface area contributed by atoms with Crippen LogP contribution in [0.15, 0.2) is 29.5 Å². The molecule has 0 unspecified atom stereocenters. The summed E-state index contributed by atoms with van der Waals surface area (Å²) in [4.78, 5) is 35.2. The largest absolute Gasteiger partial charge is 0.339 e. The summed E-state index contributed by atoms with van der Waals surface area (Å²) in [6.45, 7) is 5.57. The van der Waals surface area contributed by atoms with Crippen molar-refractivity contribution in [1.29, 1.82) is 0 Å². The van der Waals surface area contributed by atoms with E-state index < -0.39 is 0 Å². The maximum atomic E-state index is 12.2. The number of nitrogens with one attached hydrogen (secondary N) is 1. The summed E-state index contributed by atoms with van der Waals surface area (Å²) >= 11 is 0. The number of aromatic nitrogens is 6. The first-order valence-corrected chi connectivity index (χ1v) is 9.12. The Labute approximate surface area is 155 Å². The van der Waals surface area contributed by atoms with Gasteiger partial charge in [-0.15, -0.1) is 0 Å². The van der Waals surface area contributed by atoms with Gasteiger partial charge in [0.15, 0.2) is 5.65 Å². The van der Waals surface area contributed by atoms with Crippen molar-refractivity contribution in [2.24, 2.45) is 7.05 Å². The van der Waals surface area contributed by atoms with Crippen molar-refractivity contribution >= 4 is 22.9 Å². The second-order valence-corrected chi connectivity index (χ2v) is 7.03. The minimum Gasteiger partial charge on any atom is -0.339 e. The summed E-state index contributed by atoms with van der Waals surface area (Å²) < 4.78 is 1.64. The molecule has 2 aliphatic heterocycles. The zero-order valence-electron chi connectivity index (χ0n) is 15.1. The average Bonchev–Trinajstić information content (AvgIpc) is 3.04. The molecule has 0 spiro atoms. The van der Waals surface area contributed by atoms with Gasteiger partial charge in [0, 0.05) is 64.8 Å². The van der Waals surface area contributed by atoms with Crippen LogP contribution in [0.1, 0.15) is 0 Å². The Balaban J connectivity index is 1.22. The predicted molar refractivity (Wildman–Crippen MR) is 101 cm³/mol. The van der Waals surface area contributed by atoms with Crippen LogP contribution in [0.3, 0.4) is 0 Å². The Morgan fingerprint density at radius 2 is 1.81 bits per heavy atom. The Morgan fingerprint density at radius 3 is 2.56 bits per heavy atom. The van der Waals surface area contributed by atoms with E-state index in [1.54, 1.807) is 30.3 Å². The van der Waals surface area contributed by atoms with E-state index in [0.717, 1.165) is 45.2 Å². The van der Waals surface area contributed by atoms with Crippen LogP contribution < -0.4 is 15.4 Å². The molecular formula is C17H21N9O. The molecule has 0 bridgehead atoms. The molecule has 2 fully saturated rings. The molecule has 0 saturated carbocycles. The highest BCUT2D eigenvalue weighted by Crippen LogP contribution is 2.22. The number of nitrogens with zero attached hydrogens (tertiary/aromatic N) is 8. The van der Waals surface area contributed by atoms with Gasteiger partial charge in [-0.3, -0.25) is 19.4 Å². The SMILES string of the molecule is Cn1ncc2c(=O)[nH]c(N3CC(N4CCN(c5ncccn5)CC4)C3)nc21. The maximum Gasteiger partial charge on any atom is 0.263 e. The summed E-state index contributed by atoms with van der Waals surface area (Å²) in [5, 5.41) is 4.64. The Kier molecular flexibility index (Phi) is 3.78. The fourth-order valence-corrected chi connectivity index (χ4v) is 3.77. The second kappa shape index (κ2) is 6.31. The van der Waals surface area contributed by atoms with E-state index in [2.05, 4.69) is 39.7 Å². The van der Waals surface area contributed by atoms with E-state index in [1.807, 2.05) is 6.07 Å². The zero-order valence-corrected chi connectivity index (χ0v) is 15.1. The van der Waals surface area contributed by atoms with Gasteiger partial charge < -0.3 is 9.80 Å². The monoisotopic (exact) mass is 367 g/mol. The van der Waals surface area contributed by atoms with Crippen molar-refractivity contribution in [3.63, 3.8) is 0 Å². The lowest BCUT2D eigenvalue weighted by Crippen LogP contribution is -2.63. The van der Waals surface area contributed by atoms with Crippen molar-refractivity contribution in [2.45, 2.75) is 6.04 Å². The average molecular weight is 367 g/mol. The fourth-order valence-electron chi connectivity index (χ4n) is 3.77. The van der Waals surface area contributed by atoms with Crippen LogP contribution in [-0.4, -0.2) is 79.9 Å². The van der Waals surface area contributed by atoms with Gasteiger partial charge >= 0.3 is 0 Å². The van der Waals surface area contributed by atoms with Crippen LogP contribution in [0.4, 0.5) is 11.9 Å². The lowest BCUT2D eigenvalue weighted by atomic mass is 10.1. The van der Waals surface area contributed by atoms with Gasteiger partial charge in [0.1, 0.15) is 5.39 Å². The molecule has 140 valence electrons. The van der Waals surface area contributed by atoms with E-state index in [0.29, 0.717) is 23.0 Å². The van der Waals surface area contributed by atoms with Crippen molar-refractivity contribution in [2.75, 3.05) is 49.1 Å². The van der Waals surface area contributed by atoms with Crippen molar-refractivity contribution < 1.29 is 0 Å². The third-order valence-electron chi connectivity index (χ3n) is 5.42. The fraction of sp³-hybridized carbons (Fsp3) is 0.471. The lowest BCUT2D eigenvalue weighted by Gasteiger charge is -2.48. The number of hydrogen-bond acceptors (Lipinski definition) is 8. The molecule has 27 heavy (non-hydrogen) atoms. The smallest absolute Gasteiger partial charge is 0.263 e. The van der Waals surface area contributed by atoms with Gasteiger partial charge in [-0.25, -0.2) is 9.97 Å². The molecule has 3 aromatic heterocycles. The second-order valence-electron chi connectivity index (χ2n) is 7.03. The Morgan fingerprint density at radius 1 is 1.07 bits per heavy atom. The highest BCUT2D eigenvalue weighted by atomic mass is 16.1. The summed E-state index contributed by atoms with van der Waals surface area (Å²) in [5.74, 6) is 1.43. The van der Waals surface area contributed by atoms with E-state index in [9.17, 15) is 4.79 Å².